The van der Waals surface area contributed by atoms with E-state index in [1.165, 1.54) is 6.92 Å². The molecule has 0 spiro atoms. The van der Waals surface area contributed by atoms with Gasteiger partial charge in [0.1, 0.15) is 0 Å². The second kappa shape index (κ2) is 6.62. The average molecular weight is 242 g/mol. The van der Waals surface area contributed by atoms with E-state index in [1.54, 1.807) is 11.3 Å². The number of hydrogen-bond donors (Lipinski definition) is 3. The van der Waals surface area contributed by atoms with Gasteiger partial charge in [-0.25, -0.2) is 0 Å². The van der Waals surface area contributed by atoms with Crippen molar-refractivity contribution in [2.75, 3.05) is 18.5 Å². The van der Waals surface area contributed by atoms with Crippen LogP contribution in [0.1, 0.15) is 18.7 Å². The number of hydrogen-bond acceptors (Lipinski definition) is 4. The lowest BCUT2D eigenvalue weighted by Crippen LogP contribution is -2.22. The standard InChI is InChI=1S/C11H18N2O2S/c1-8(7-14)5-12-6-11-10(3-4-16-11)13-9(2)15/h3-4,8,12,14H,5-7H2,1-2H3,(H,13,15). The highest BCUT2D eigenvalue weighted by atomic mass is 32.1. The number of aliphatic hydroxyl groups excluding tert-OH is 1. The van der Waals surface area contributed by atoms with Crippen molar-refractivity contribution in [2.24, 2.45) is 5.92 Å². The van der Waals surface area contributed by atoms with E-state index in [-0.39, 0.29) is 18.4 Å². The van der Waals surface area contributed by atoms with Crippen LogP contribution in [0.3, 0.4) is 0 Å². The molecule has 1 atom stereocenters. The molecule has 1 rings (SSSR count). The molecule has 1 aromatic rings. The number of carbonyl (C=O) groups is 1. The van der Waals surface area contributed by atoms with Gasteiger partial charge in [-0.2, -0.15) is 0 Å². The van der Waals surface area contributed by atoms with Crippen molar-refractivity contribution >= 4 is 22.9 Å². The maximum absolute atomic E-state index is 10.9. The van der Waals surface area contributed by atoms with E-state index < -0.39 is 0 Å². The number of nitrogens with one attached hydrogen (secondary N) is 2. The SMILES string of the molecule is CC(=O)Nc1ccsc1CNCC(C)CO. The summed E-state index contributed by atoms with van der Waals surface area (Å²) in [7, 11) is 0. The molecule has 4 nitrogen and oxygen atoms in total. The first-order chi connectivity index (χ1) is 7.63. The van der Waals surface area contributed by atoms with Gasteiger partial charge in [0.25, 0.3) is 0 Å². The fourth-order valence-corrected chi connectivity index (χ4v) is 2.08. The van der Waals surface area contributed by atoms with Gasteiger partial charge in [-0.15, -0.1) is 11.3 Å². The molecule has 0 aromatic carbocycles. The summed E-state index contributed by atoms with van der Waals surface area (Å²) in [6.07, 6.45) is 0. The Hall–Kier alpha value is -0.910. The van der Waals surface area contributed by atoms with Gasteiger partial charge in [-0.05, 0) is 17.4 Å². The lowest BCUT2D eigenvalue weighted by molar-refractivity contribution is -0.114. The van der Waals surface area contributed by atoms with Crippen molar-refractivity contribution in [3.8, 4) is 0 Å². The Balaban J connectivity index is 2.41. The second-order valence-electron chi connectivity index (χ2n) is 3.86. The Morgan fingerprint density at radius 3 is 3.00 bits per heavy atom. The second-order valence-corrected chi connectivity index (χ2v) is 4.86. The van der Waals surface area contributed by atoms with Gasteiger partial charge in [0.2, 0.25) is 5.91 Å². The summed E-state index contributed by atoms with van der Waals surface area (Å²) >= 11 is 1.61. The van der Waals surface area contributed by atoms with E-state index in [9.17, 15) is 4.79 Å². The molecule has 1 amide bonds. The molecule has 1 aromatic heterocycles. The van der Waals surface area contributed by atoms with Crippen LogP contribution < -0.4 is 10.6 Å². The Morgan fingerprint density at radius 2 is 2.38 bits per heavy atom. The third kappa shape index (κ3) is 4.30. The van der Waals surface area contributed by atoms with Gasteiger partial charge in [-0.3, -0.25) is 4.79 Å². The van der Waals surface area contributed by atoms with Crippen LogP contribution in [0.25, 0.3) is 0 Å². The summed E-state index contributed by atoms with van der Waals surface area (Å²) in [6, 6.07) is 1.90. The molecule has 3 N–H and O–H groups in total. The summed E-state index contributed by atoms with van der Waals surface area (Å²) in [5.41, 5.74) is 0.877. The molecule has 1 unspecified atom stereocenters. The summed E-state index contributed by atoms with van der Waals surface area (Å²) in [5, 5.41) is 16.9. The van der Waals surface area contributed by atoms with Crippen molar-refractivity contribution < 1.29 is 9.90 Å². The van der Waals surface area contributed by atoms with Gasteiger partial charge < -0.3 is 15.7 Å². The Labute approximate surface area is 99.7 Å². The van der Waals surface area contributed by atoms with Crippen LogP contribution in [0.5, 0.6) is 0 Å². The van der Waals surface area contributed by atoms with Gasteiger partial charge in [0.05, 0.1) is 5.69 Å². The normalized spacial score (nSPS) is 12.4. The zero-order chi connectivity index (χ0) is 12.0. The van der Waals surface area contributed by atoms with E-state index in [0.29, 0.717) is 0 Å². The van der Waals surface area contributed by atoms with Crippen LogP contribution in [-0.4, -0.2) is 24.2 Å². The summed E-state index contributed by atoms with van der Waals surface area (Å²) in [6.45, 7) is 5.17. The summed E-state index contributed by atoms with van der Waals surface area (Å²) in [5.74, 6) is 0.201. The number of carbonyl (C=O) groups excluding carboxylic acids is 1. The largest absolute Gasteiger partial charge is 0.396 e. The number of thiophene rings is 1. The quantitative estimate of drug-likeness (QED) is 0.707. The number of amides is 1. The van der Waals surface area contributed by atoms with Crippen molar-refractivity contribution in [3.05, 3.63) is 16.3 Å². The van der Waals surface area contributed by atoms with Crippen molar-refractivity contribution in [2.45, 2.75) is 20.4 Å². The monoisotopic (exact) mass is 242 g/mol. The summed E-state index contributed by atoms with van der Waals surface area (Å²) in [4.78, 5) is 12.0. The van der Waals surface area contributed by atoms with Crippen LogP contribution in [0.15, 0.2) is 11.4 Å². The van der Waals surface area contributed by atoms with E-state index in [2.05, 4.69) is 10.6 Å². The molecular formula is C11H18N2O2S. The molecule has 0 fully saturated rings. The zero-order valence-corrected chi connectivity index (χ0v) is 10.4. The van der Waals surface area contributed by atoms with Gasteiger partial charge >= 0.3 is 0 Å². The minimum atomic E-state index is -0.0524. The van der Waals surface area contributed by atoms with Crippen molar-refractivity contribution in [1.82, 2.24) is 5.32 Å². The molecule has 0 aliphatic rings. The highest BCUT2D eigenvalue weighted by molar-refractivity contribution is 7.10. The molecule has 0 radical (unpaired) electrons. The molecular weight excluding hydrogens is 224 g/mol. The number of anilines is 1. The first-order valence-corrected chi connectivity index (χ1v) is 6.17. The lowest BCUT2D eigenvalue weighted by atomic mass is 10.2. The molecule has 0 saturated heterocycles. The van der Waals surface area contributed by atoms with E-state index in [4.69, 9.17) is 5.11 Å². The maximum Gasteiger partial charge on any atom is 0.221 e. The Kier molecular flexibility index (Phi) is 5.45. The molecule has 1 heterocycles. The van der Waals surface area contributed by atoms with Crippen LogP contribution in [-0.2, 0) is 11.3 Å². The van der Waals surface area contributed by atoms with E-state index in [0.717, 1.165) is 23.7 Å². The van der Waals surface area contributed by atoms with Gasteiger partial charge in [0, 0.05) is 31.5 Å². The highest BCUT2D eigenvalue weighted by Gasteiger charge is 2.06. The first kappa shape index (κ1) is 13.2. The first-order valence-electron chi connectivity index (χ1n) is 5.29. The average Bonchev–Trinajstić information content (AvgIpc) is 2.64. The minimum Gasteiger partial charge on any atom is -0.396 e. The fraction of sp³-hybridized carbons (Fsp3) is 0.545. The van der Waals surface area contributed by atoms with Crippen molar-refractivity contribution in [1.29, 1.82) is 0 Å². The van der Waals surface area contributed by atoms with E-state index in [1.807, 2.05) is 18.4 Å². The highest BCUT2D eigenvalue weighted by Crippen LogP contribution is 2.21. The fourth-order valence-electron chi connectivity index (χ4n) is 1.28. The Morgan fingerprint density at radius 1 is 1.62 bits per heavy atom. The third-order valence-corrected chi connectivity index (χ3v) is 3.07. The van der Waals surface area contributed by atoms with Gasteiger partial charge in [0.15, 0.2) is 0 Å². The number of rotatable bonds is 6. The minimum absolute atomic E-state index is 0.0524. The predicted molar refractivity (Wildman–Crippen MR) is 66.6 cm³/mol. The molecule has 90 valence electrons. The van der Waals surface area contributed by atoms with Crippen LogP contribution in [0.4, 0.5) is 5.69 Å². The van der Waals surface area contributed by atoms with Crippen LogP contribution >= 0.6 is 11.3 Å². The summed E-state index contributed by atoms with van der Waals surface area (Å²) < 4.78 is 0. The van der Waals surface area contributed by atoms with Gasteiger partial charge in [-0.1, -0.05) is 6.92 Å². The molecule has 0 bridgehead atoms. The molecule has 0 aliphatic carbocycles. The molecule has 0 saturated carbocycles. The van der Waals surface area contributed by atoms with Crippen LogP contribution in [0, 0.1) is 5.92 Å². The molecule has 16 heavy (non-hydrogen) atoms. The smallest absolute Gasteiger partial charge is 0.221 e. The maximum atomic E-state index is 10.9. The third-order valence-electron chi connectivity index (χ3n) is 2.15. The molecule has 0 aliphatic heterocycles. The zero-order valence-electron chi connectivity index (χ0n) is 9.62. The van der Waals surface area contributed by atoms with E-state index >= 15 is 0 Å². The predicted octanol–water partition coefficient (Wildman–Crippen LogP) is 1.42. The Bertz CT molecular complexity index is 338. The topological polar surface area (TPSA) is 61.4 Å². The van der Waals surface area contributed by atoms with Crippen molar-refractivity contribution in [3.63, 3.8) is 0 Å². The lowest BCUT2D eigenvalue weighted by Gasteiger charge is -2.09. The number of aliphatic hydroxyl groups is 1. The molecule has 5 heteroatoms. The van der Waals surface area contributed by atoms with Crippen LogP contribution in [0.2, 0.25) is 0 Å².